The molecule has 2 N–H and O–H groups in total. The Morgan fingerprint density at radius 2 is 1.39 bits per heavy atom. The predicted octanol–water partition coefficient (Wildman–Crippen LogP) is 7.65. The molecule has 0 unspecified atom stereocenters. The molecule has 0 saturated heterocycles. The Bertz CT molecular complexity index is 1750. The largest absolute Gasteiger partial charge is 0.478 e. The number of nitrogens with one attached hydrogen (secondary N) is 1. The van der Waals surface area contributed by atoms with Crippen LogP contribution < -0.4 is 5.32 Å². The number of rotatable bonds is 8. The van der Waals surface area contributed by atoms with E-state index in [2.05, 4.69) is 20.6 Å². The summed E-state index contributed by atoms with van der Waals surface area (Å²) >= 11 is 5.92. The van der Waals surface area contributed by atoms with Crippen LogP contribution >= 0.6 is 11.6 Å². The van der Waals surface area contributed by atoms with Crippen molar-refractivity contribution < 1.29 is 19.5 Å². The monoisotopic (exact) mass is 563 g/mol. The molecule has 0 saturated carbocycles. The summed E-state index contributed by atoms with van der Waals surface area (Å²) < 4.78 is 1.15. The standard InChI is InChI=1S/C31H22ClN5O4/c32-22-15-17-23(18-16-22)33-26(38)19-27(39)37-30(21-11-5-2-6-12-21)29(28(36-37)20-9-3-1-4-10-20)35-34-25-14-8-7-13-24(25)31(40)41/h1-18H,19H2,(H,33,38)(H,40,41). The Labute approximate surface area is 239 Å². The zero-order chi connectivity index (χ0) is 28.8. The van der Waals surface area contributed by atoms with Crippen molar-refractivity contribution in [3.05, 3.63) is 120 Å². The van der Waals surface area contributed by atoms with Crippen LogP contribution in [-0.2, 0) is 4.79 Å². The summed E-state index contributed by atoms with van der Waals surface area (Å²) in [5.41, 5.74) is 2.76. The van der Waals surface area contributed by atoms with E-state index >= 15 is 0 Å². The third kappa shape index (κ3) is 6.26. The average Bonchev–Trinajstić information content (AvgIpc) is 3.38. The van der Waals surface area contributed by atoms with E-state index in [1.807, 2.05) is 36.4 Å². The molecule has 0 spiro atoms. The average molecular weight is 564 g/mol. The smallest absolute Gasteiger partial charge is 0.337 e. The lowest BCUT2D eigenvalue weighted by atomic mass is 10.1. The number of benzene rings is 4. The molecule has 1 amide bonds. The quantitative estimate of drug-likeness (QED) is 0.148. The molecule has 1 heterocycles. The minimum absolute atomic E-state index is 0.0267. The van der Waals surface area contributed by atoms with E-state index in [9.17, 15) is 19.5 Å². The van der Waals surface area contributed by atoms with Gasteiger partial charge in [0.15, 0.2) is 0 Å². The lowest BCUT2D eigenvalue weighted by Crippen LogP contribution is -2.22. The first-order chi connectivity index (χ1) is 19.9. The van der Waals surface area contributed by atoms with Crippen LogP contribution in [-0.4, -0.2) is 32.7 Å². The number of nitrogens with zero attached hydrogens (tertiary/aromatic N) is 4. The summed E-state index contributed by atoms with van der Waals surface area (Å²) in [5.74, 6) is -2.28. The molecule has 5 rings (SSSR count). The van der Waals surface area contributed by atoms with Gasteiger partial charge in [0.25, 0.3) is 5.91 Å². The van der Waals surface area contributed by atoms with Gasteiger partial charge >= 0.3 is 5.97 Å². The van der Waals surface area contributed by atoms with Gasteiger partial charge in [0.05, 0.1) is 5.56 Å². The molecular weight excluding hydrogens is 542 g/mol. The normalized spacial score (nSPS) is 11.0. The van der Waals surface area contributed by atoms with Gasteiger partial charge in [0.1, 0.15) is 29.2 Å². The molecule has 10 heteroatoms. The second kappa shape index (κ2) is 12.2. The Morgan fingerprint density at radius 1 is 0.780 bits per heavy atom. The number of hydrogen-bond donors (Lipinski definition) is 2. The molecular formula is C31H22ClN5O4. The first-order valence-corrected chi connectivity index (χ1v) is 12.8. The minimum atomic E-state index is -1.15. The zero-order valence-electron chi connectivity index (χ0n) is 21.4. The fourth-order valence-corrected chi connectivity index (χ4v) is 4.25. The van der Waals surface area contributed by atoms with Crippen molar-refractivity contribution in [3.8, 4) is 22.5 Å². The van der Waals surface area contributed by atoms with E-state index in [4.69, 9.17) is 11.6 Å². The van der Waals surface area contributed by atoms with Gasteiger partial charge < -0.3 is 10.4 Å². The second-order valence-electron chi connectivity index (χ2n) is 8.84. The Morgan fingerprint density at radius 3 is 2.05 bits per heavy atom. The number of aromatic carboxylic acids is 1. The molecule has 9 nitrogen and oxygen atoms in total. The molecule has 5 aromatic rings. The number of azo groups is 1. The lowest BCUT2D eigenvalue weighted by Gasteiger charge is -2.08. The van der Waals surface area contributed by atoms with Crippen LogP contribution in [0.2, 0.25) is 5.02 Å². The zero-order valence-corrected chi connectivity index (χ0v) is 22.2. The van der Waals surface area contributed by atoms with Gasteiger partial charge in [-0.15, -0.1) is 10.2 Å². The third-order valence-electron chi connectivity index (χ3n) is 6.02. The molecule has 0 atom stereocenters. The molecule has 0 aliphatic carbocycles. The van der Waals surface area contributed by atoms with Crippen LogP contribution in [0.1, 0.15) is 21.6 Å². The number of halogens is 1. The molecule has 0 radical (unpaired) electrons. The maximum absolute atomic E-state index is 13.6. The number of hydrogen-bond acceptors (Lipinski definition) is 6. The molecule has 1 aromatic heterocycles. The molecule has 4 aromatic carbocycles. The van der Waals surface area contributed by atoms with Gasteiger partial charge in [-0.2, -0.15) is 9.78 Å². The van der Waals surface area contributed by atoms with Crippen molar-refractivity contribution in [3.63, 3.8) is 0 Å². The van der Waals surface area contributed by atoms with E-state index in [0.717, 1.165) is 4.68 Å². The van der Waals surface area contributed by atoms with Crippen LogP contribution in [0.4, 0.5) is 17.1 Å². The number of anilines is 1. The third-order valence-corrected chi connectivity index (χ3v) is 6.28. The Hall–Kier alpha value is -5.41. The van der Waals surface area contributed by atoms with Crippen molar-refractivity contribution in [1.82, 2.24) is 9.78 Å². The summed E-state index contributed by atoms with van der Waals surface area (Å²) in [4.78, 5) is 38.1. The number of carboxylic acids is 1. The Balaban J connectivity index is 1.61. The van der Waals surface area contributed by atoms with Crippen LogP contribution in [0.25, 0.3) is 22.5 Å². The first kappa shape index (κ1) is 27.2. The fraction of sp³-hybridized carbons (Fsp3) is 0.0323. The van der Waals surface area contributed by atoms with Gasteiger partial charge in [0, 0.05) is 21.8 Å². The van der Waals surface area contributed by atoms with Gasteiger partial charge in [-0.25, -0.2) is 4.79 Å². The van der Waals surface area contributed by atoms with E-state index in [-0.39, 0.29) is 16.9 Å². The second-order valence-corrected chi connectivity index (χ2v) is 9.27. The summed E-state index contributed by atoms with van der Waals surface area (Å²) in [7, 11) is 0. The van der Waals surface area contributed by atoms with Crippen molar-refractivity contribution in [1.29, 1.82) is 0 Å². The maximum Gasteiger partial charge on any atom is 0.337 e. The van der Waals surface area contributed by atoms with E-state index in [1.54, 1.807) is 60.7 Å². The molecule has 0 bridgehead atoms. The van der Waals surface area contributed by atoms with Crippen LogP contribution in [0, 0.1) is 0 Å². The summed E-state index contributed by atoms with van der Waals surface area (Å²) in [5, 5.41) is 26.1. The number of carbonyl (C=O) groups excluding carboxylic acids is 2. The van der Waals surface area contributed by atoms with Crippen LogP contribution in [0.3, 0.4) is 0 Å². The lowest BCUT2D eigenvalue weighted by molar-refractivity contribution is -0.115. The van der Waals surface area contributed by atoms with Gasteiger partial charge in [-0.1, -0.05) is 84.4 Å². The number of carboxylic acid groups (broad SMARTS) is 1. The van der Waals surface area contributed by atoms with E-state index in [1.165, 1.54) is 12.1 Å². The van der Waals surface area contributed by atoms with Crippen molar-refractivity contribution in [2.75, 3.05) is 5.32 Å². The highest BCUT2D eigenvalue weighted by Gasteiger charge is 2.26. The SMILES string of the molecule is O=C(CC(=O)n1nc(-c2ccccc2)c(N=Nc2ccccc2C(=O)O)c1-c1ccccc1)Nc1ccc(Cl)cc1. The first-order valence-electron chi connectivity index (χ1n) is 12.5. The van der Waals surface area contributed by atoms with Crippen molar-refractivity contribution in [2.24, 2.45) is 10.2 Å². The highest BCUT2D eigenvalue weighted by Crippen LogP contribution is 2.40. The van der Waals surface area contributed by atoms with Gasteiger partial charge in [0.2, 0.25) is 5.91 Å². The number of amides is 1. The molecule has 0 aliphatic heterocycles. The summed E-state index contributed by atoms with van der Waals surface area (Å²) in [6.45, 7) is 0. The highest BCUT2D eigenvalue weighted by atomic mass is 35.5. The molecule has 41 heavy (non-hydrogen) atoms. The van der Waals surface area contributed by atoms with Crippen molar-refractivity contribution >= 4 is 46.4 Å². The van der Waals surface area contributed by atoms with E-state index in [0.29, 0.717) is 33.2 Å². The predicted molar refractivity (Wildman–Crippen MR) is 156 cm³/mol. The van der Waals surface area contributed by atoms with Gasteiger partial charge in [-0.05, 0) is 36.4 Å². The fourth-order valence-electron chi connectivity index (χ4n) is 4.13. The summed E-state index contributed by atoms with van der Waals surface area (Å²) in [6, 6.07) is 30.8. The summed E-state index contributed by atoms with van der Waals surface area (Å²) in [6.07, 6.45) is -0.503. The molecule has 0 aliphatic rings. The van der Waals surface area contributed by atoms with Crippen molar-refractivity contribution in [2.45, 2.75) is 6.42 Å². The molecule has 0 fully saturated rings. The topological polar surface area (TPSA) is 126 Å². The van der Waals surface area contributed by atoms with E-state index < -0.39 is 24.2 Å². The number of aromatic nitrogens is 2. The maximum atomic E-state index is 13.6. The van der Waals surface area contributed by atoms with Gasteiger partial charge in [-0.3, -0.25) is 9.59 Å². The number of carbonyl (C=O) groups is 3. The Kier molecular flexibility index (Phi) is 8.08. The highest BCUT2D eigenvalue weighted by molar-refractivity contribution is 6.30. The van der Waals surface area contributed by atoms with Crippen LogP contribution in [0.15, 0.2) is 119 Å². The minimum Gasteiger partial charge on any atom is -0.478 e. The molecule has 202 valence electrons. The van der Waals surface area contributed by atoms with Crippen LogP contribution in [0.5, 0.6) is 0 Å².